The fourth-order valence-electron chi connectivity index (χ4n) is 1.90. The fourth-order valence-corrected chi connectivity index (χ4v) is 1.90. The Kier molecular flexibility index (Phi) is 9.02. The molecule has 0 aliphatic heterocycles. The molecule has 0 saturated heterocycles. The summed E-state index contributed by atoms with van der Waals surface area (Å²) in [7, 11) is 0. The van der Waals surface area contributed by atoms with E-state index >= 15 is 0 Å². The first-order valence-corrected chi connectivity index (χ1v) is 7.13. The van der Waals surface area contributed by atoms with Gasteiger partial charge in [0.25, 0.3) is 0 Å². The van der Waals surface area contributed by atoms with Crippen LogP contribution in [-0.4, -0.2) is 29.7 Å². The van der Waals surface area contributed by atoms with Crippen LogP contribution in [0.2, 0.25) is 0 Å². The van der Waals surface area contributed by atoms with Crippen molar-refractivity contribution in [3.63, 3.8) is 0 Å². The van der Waals surface area contributed by atoms with Crippen LogP contribution in [0.4, 0.5) is 0 Å². The van der Waals surface area contributed by atoms with E-state index in [1.807, 2.05) is 13.8 Å². The molecule has 0 aromatic carbocycles. The van der Waals surface area contributed by atoms with Gasteiger partial charge < -0.3 is 16.2 Å². The van der Waals surface area contributed by atoms with E-state index in [-0.39, 0.29) is 17.9 Å². The molecule has 0 unspecified atom stereocenters. The molecule has 4 N–H and O–H groups in total. The molecule has 0 spiro atoms. The Balaban J connectivity index is 4.19. The molecule has 1 amide bonds. The third kappa shape index (κ3) is 6.97. The summed E-state index contributed by atoms with van der Waals surface area (Å²) in [4.78, 5) is 11.9. The summed E-state index contributed by atoms with van der Waals surface area (Å²) in [5.41, 5.74) is 5.87. The number of carbonyl (C=O) groups excluding carboxylic acids is 1. The van der Waals surface area contributed by atoms with Gasteiger partial charge in [0.15, 0.2) is 0 Å². The molecule has 4 heteroatoms. The van der Waals surface area contributed by atoms with Crippen molar-refractivity contribution in [1.29, 1.82) is 0 Å². The zero-order valence-corrected chi connectivity index (χ0v) is 12.3. The molecule has 18 heavy (non-hydrogen) atoms. The number of nitrogens with one attached hydrogen (secondary N) is 1. The van der Waals surface area contributed by atoms with Gasteiger partial charge in [-0.1, -0.05) is 34.1 Å². The van der Waals surface area contributed by atoms with E-state index < -0.39 is 6.10 Å². The largest absolute Gasteiger partial charge is 0.391 e. The minimum Gasteiger partial charge on any atom is -0.391 e. The average molecular weight is 258 g/mol. The summed E-state index contributed by atoms with van der Waals surface area (Å²) in [5.74, 6) is 0.342. The molecule has 3 atom stereocenters. The van der Waals surface area contributed by atoms with Gasteiger partial charge >= 0.3 is 0 Å². The zero-order chi connectivity index (χ0) is 14.1. The molecule has 0 rings (SSSR count). The third-order valence-electron chi connectivity index (χ3n) is 3.19. The van der Waals surface area contributed by atoms with Crippen molar-refractivity contribution in [3.05, 3.63) is 0 Å². The predicted octanol–water partition coefficient (Wildman–Crippen LogP) is 1.66. The Morgan fingerprint density at radius 1 is 1.33 bits per heavy atom. The topological polar surface area (TPSA) is 75.3 Å². The first-order chi connectivity index (χ1) is 8.42. The maximum atomic E-state index is 11.9. The van der Waals surface area contributed by atoms with Crippen LogP contribution in [-0.2, 0) is 4.79 Å². The summed E-state index contributed by atoms with van der Waals surface area (Å²) in [5, 5.41) is 12.9. The predicted molar refractivity (Wildman–Crippen MR) is 75.1 cm³/mol. The lowest BCUT2D eigenvalue weighted by atomic mass is 9.93. The number of hydrogen-bond donors (Lipinski definition) is 3. The second-order valence-corrected chi connectivity index (χ2v) is 5.50. The van der Waals surface area contributed by atoms with E-state index in [4.69, 9.17) is 5.73 Å². The molecule has 0 radical (unpaired) electrons. The number of amides is 1. The molecule has 108 valence electrons. The Bertz CT molecular complexity index is 232. The molecule has 0 aromatic heterocycles. The smallest absolute Gasteiger partial charge is 0.223 e. The first-order valence-electron chi connectivity index (χ1n) is 7.13. The van der Waals surface area contributed by atoms with E-state index in [2.05, 4.69) is 19.2 Å². The number of aliphatic hydroxyl groups is 1. The Labute approximate surface area is 111 Å². The normalized spacial score (nSPS) is 16.4. The molecule has 0 saturated carbocycles. The number of nitrogens with two attached hydrogens (primary N) is 1. The molecule has 0 aliphatic carbocycles. The van der Waals surface area contributed by atoms with E-state index in [9.17, 15) is 9.90 Å². The summed E-state index contributed by atoms with van der Waals surface area (Å²) in [6.45, 7) is 8.82. The highest BCUT2D eigenvalue weighted by Gasteiger charge is 2.23. The second kappa shape index (κ2) is 9.34. The highest BCUT2D eigenvalue weighted by Crippen LogP contribution is 2.15. The summed E-state index contributed by atoms with van der Waals surface area (Å²) < 4.78 is 0. The standard InChI is InChI=1S/C14H30N2O2/c1-5-7-12(15)13(17)8-11(6-2)14(18)16-9-10(3)4/h10-13,17H,5-9,15H2,1-4H3,(H,16,18)/t11-,12-,13-/m0/s1. The summed E-state index contributed by atoms with van der Waals surface area (Å²) in [6.07, 6.45) is 2.36. The number of rotatable bonds is 9. The number of aliphatic hydroxyl groups excluding tert-OH is 1. The lowest BCUT2D eigenvalue weighted by Crippen LogP contribution is -2.40. The minimum atomic E-state index is -0.584. The monoisotopic (exact) mass is 258 g/mol. The summed E-state index contributed by atoms with van der Waals surface area (Å²) in [6, 6.07) is -0.220. The van der Waals surface area contributed by atoms with Crippen LogP contribution >= 0.6 is 0 Å². The van der Waals surface area contributed by atoms with Gasteiger partial charge in [-0.25, -0.2) is 0 Å². The van der Waals surface area contributed by atoms with Crippen molar-refractivity contribution in [2.45, 2.75) is 65.5 Å². The minimum absolute atomic E-state index is 0.0361. The molecule has 0 fully saturated rings. The van der Waals surface area contributed by atoms with Gasteiger partial charge in [-0.2, -0.15) is 0 Å². The second-order valence-electron chi connectivity index (χ2n) is 5.50. The van der Waals surface area contributed by atoms with Crippen LogP contribution in [0, 0.1) is 11.8 Å². The third-order valence-corrected chi connectivity index (χ3v) is 3.19. The van der Waals surface area contributed by atoms with Crippen LogP contribution in [0.5, 0.6) is 0 Å². The van der Waals surface area contributed by atoms with E-state index in [0.717, 1.165) is 19.3 Å². The van der Waals surface area contributed by atoms with E-state index in [1.165, 1.54) is 0 Å². The van der Waals surface area contributed by atoms with Crippen LogP contribution in [0.3, 0.4) is 0 Å². The van der Waals surface area contributed by atoms with Gasteiger partial charge in [0.2, 0.25) is 5.91 Å². The van der Waals surface area contributed by atoms with Gasteiger partial charge in [0, 0.05) is 18.5 Å². The van der Waals surface area contributed by atoms with Gasteiger partial charge in [-0.05, 0) is 25.2 Å². The van der Waals surface area contributed by atoms with Gasteiger partial charge in [-0.15, -0.1) is 0 Å². The summed E-state index contributed by atoms with van der Waals surface area (Å²) >= 11 is 0. The van der Waals surface area contributed by atoms with Gasteiger partial charge in [-0.3, -0.25) is 4.79 Å². The first kappa shape index (κ1) is 17.4. The van der Waals surface area contributed by atoms with Crippen molar-refractivity contribution in [2.75, 3.05) is 6.54 Å². The molecule has 4 nitrogen and oxygen atoms in total. The average Bonchev–Trinajstić information content (AvgIpc) is 2.32. The van der Waals surface area contributed by atoms with E-state index in [1.54, 1.807) is 0 Å². The van der Waals surface area contributed by atoms with Crippen LogP contribution in [0.15, 0.2) is 0 Å². The van der Waals surface area contributed by atoms with Gasteiger partial charge in [0.05, 0.1) is 6.10 Å². The Hall–Kier alpha value is -0.610. The van der Waals surface area contributed by atoms with Crippen LogP contribution < -0.4 is 11.1 Å². The SMILES string of the molecule is CCC[C@H](N)[C@@H](O)C[C@H](CC)C(=O)NCC(C)C. The van der Waals surface area contributed by atoms with Crippen molar-refractivity contribution >= 4 is 5.91 Å². The fraction of sp³-hybridized carbons (Fsp3) is 0.929. The molecule has 0 bridgehead atoms. The van der Waals surface area contributed by atoms with Crippen molar-refractivity contribution in [1.82, 2.24) is 5.32 Å². The maximum absolute atomic E-state index is 11.9. The lowest BCUT2D eigenvalue weighted by molar-refractivity contribution is -0.126. The highest BCUT2D eigenvalue weighted by molar-refractivity contribution is 5.78. The quantitative estimate of drug-likeness (QED) is 0.589. The Morgan fingerprint density at radius 3 is 2.39 bits per heavy atom. The molecular formula is C14H30N2O2. The number of carbonyl (C=O) groups is 1. The number of hydrogen-bond acceptors (Lipinski definition) is 3. The van der Waals surface area contributed by atoms with Gasteiger partial charge in [0.1, 0.15) is 0 Å². The van der Waals surface area contributed by atoms with Crippen LogP contribution in [0.1, 0.15) is 53.4 Å². The van der Waals surface area contributed by atoms with Crippen LogP contribution in [0.25, 0.3) is 0 Å². The molecule has 0 heterocycles. The van der Waals surface area contributed by atoms with Crippen molar-refractivity contribution in [2.24, 2.45) is 17.6 Å². The Morgan fingerprint density at radius 2 is 1.94 bits per heavy atom. The van der Waals surface area contributed by atoms with Crippen molar-refractivity contribution < 1.29 is 9.90 Å². The van der Waals surface area contributed by atoms with Crippen molar-refractivity contribution in [3.8, 4) is 0 Å². The molecular weight excluding hydrogens is 228 g/mol. The maximum Gasteiger partial charge on any atom is 0.223 e. The molecule has 0 aromatic rings. The zero-order valence-electron chi connectivity index (χ0n) is 12.3. The van der Waals surface area contributed by atoms with E-state index in [0.29, 0.717) is 18.9 Å². The molecule has 0 aliphatic rings. The lowest BCUT2D eigenvalue weighted by Gasteiger charge is -2.23. The highest BCUT2D eigenvalue weighted by atomic mass is 16.3.